The number of ketones is 1. The first-order valence-corrected chi connectivity index (χ1v) is 6.29. The van der Waals surface area contributed by atoms with E-state index in [0.717, 1.165) is 0 Å². The number of rotatable bonds is 3. The van der Waals surface area contributed by atoms with Crippen molar-refractivity contribution >= 4 is 11.7 Å². The normalized spacial score (nSPS) is 18.4. The first-order valence-electron chi connectivity index (χ1n) is 6.29. The number of nitrogens with zero attached hydrogens (tertiary/aromatic N) is 2. The molecule has 1 aliphatic heterocycles. The molecule has 2 aromatic heterocycles. The maximum Gasteiger partial charge on any atom is 0.289 e. The van der Waals surface area contributed by atoms with Crippen LogP contribution in [0.5, 0.6) is 0 Å². The van der Waals surface area contributed by atoms with E-state index in [1.807, 2.05) is 0 Å². The Morgan fingerprint density at radius 1 is 1.33 bits per heavy atom. The zero-order chi connectivity index (χ0) is 15.0. The predicted molar refractivity (Wildman–Crippen MR) is 72.4 cm³/mol. The molecule has 0 bridgehead atoms. The lowest BCUT2D eigenvalue weighted by Gasteiger charge is -2.21. The minimum atomic E-state index is -0.655. The zero-order valence-corrected chi connectivity index (χ0v) is 11.2. The standard InChI is InChI=1S/C15H12N2O4/c1-17-12(9-4-6-16-7-5-9)11(14(19)15(17)20)13(18)10-3-2-8-21-10/h2-8,12,19H,1H3. The Hall–Kier alpha value is -2.89. The maximum absolute atomic E-state index is 12.5. The second kappa shape index (κ2) is 4.90. The average Bonchev–Trinajstić information content (AvgIpc) is 3.11. The number of hydrogen-bond acceptors (Lipinski definition) is 5. The van der Waals surface area contributed by atoms with Gasteiger partial charge in [0.25, 0.3) is 5.91 Å². The van der Waals surface area contributed by atoms with Crippen LogP contribution < -0.4 is 0 Å². The number of aliphatic hydroxyl groups excluding tert-OH is 1. The highest BCUT2D eigenvalue weighted by Crippen LogP contribution is 2.37. The van der Waals surface area contributed by atoms with Gasteiger partial charge < -0.3 is 14.4 Å². The lowest BCUT2D eigenvalue weighted by atomic mass is 9.96. The van der Waals surface area contributed by atoms with Gasteiger partial charge in [-0.25, -0.2) is 0 Å². The van der Waals surface area contributed by atoms with E-state index in [4.69, 9.17) is 4.42 Å². The summed E-state index contributed by atoms with van der Waals surface area (Å²) in [6, 6.07) is 5.81. The third-order valence-electron chi connectivity index (χ3n) is 3.45. The van der Waals surface area contributed by atoms with Crippen LogP contribution in [0.2, 0.25) is 0 Å². The number of pyridine rings is 1. The molecule has 0 fully saturated rings. The molecule has 1 aliphatic rings. The van der Waals surface area contributed by atoms with Crippen LogP contribution in [-0.2, 0) is 4.79 Å². The van der Waals surface area contributed by atoms with Gasteiger partial charge in [-0.05, 0) is 29.8 Å². The van der Waals surface area contributed by atoms with Gasteiger partial charge in [0.2, 0.25) is 5.78 Å². The molecule has 0 saturated carbocycles. The molecule has 0 saturated heterocycles. The van der Waals surface area contributed by atoms with Crippen molar-refractivity contribution < 1.29 is 19.1 Å². The molecule has 0 spiro atoms. The van der Waals surface area contributed by atoms with Crippen molar-refractivity contribution in [3.8, 4) is 0 Å². The Morgan fingerprint density at radius 2 is 2.05 bits per heavy atom. The largest absolute Gasteiger partial charge is 0.503 e. The fraction of sp³-hybridized carbons (Fsp3) is 0.133. The van der Waals surface area contributed by atoms with E-state index in [0.29, 0.717) is 5.56 Å². The quantitative estimate of drug-likeness (QED) is 0.870. The molecule has 1 amide bonds. The number of carbonyl (C=O) groups excluding carboxylic acids is 2. The van der Waals surface area contributed by atoms with Crippen LogP contribution in [0.1, 0.15) is 22.2 Å². The SMILES string of the molecule is CN1C(=O)C(O)=C(C(=O)c2ccco2)C1c1ccncc1. The van der Waals surface area contributed by atoms with E-state index < -0.39 is 23.5 Å². The lowest BCUT2D eigenvalue weighted by Crippen LogP contribution is -2.26. The molecule has 21 heavy (non-hydrogen) atoms. The number of furan rings is 1. The first kappa shape index (κ1) is 13.1. The summed E-state index contributed by atoms with van der Waals surface area (Å²) in [4.78, 5) is 29.7. The molecule has 106 valence electrons. The summed E-state index contributed by atoms with van der Waals surface area (Å²) in [6.45, 7) is 0. The highest BCUT2D eigenvalue weighted by Gasteiger charge is 2.42. The van der Waals surface area contributed by atoms with E-state index in [1.54, 1.807) is 30.6 Å². The van der Waals surface area contributed by atoms with Crippen LogP contribution in [0.3, 0.4) is 0 Å². The van der Waals surface area contributed by atoms with Gasteiger partial charge >= 0.3 is 0 Å². The fourth-order valence-corrected chi connectivity index (χ4v) is 2.43. The van der Waals surface area contributed by atoms with Gasteiger partial charge in [0.15, 0.2) is 11.5 Å². The van der Waals surface area contributed by atoms with Crippen LogP contribution in [0, 0.1) is 0 Å². The minimum Gasteiger partial charge on any atom is -0.503 e. The van der Waals surface area contributed by atoms with Gasteiger partial charge in [-0.2, -0.15) is 0 Å². The summed E-state index contributed by atoms with van der Waals surface area (Å²) in [5, 5.41) is 10.0. The first-order chi connectivity index (χ1) is 10.1. The molecule has 0 radical (unpaired) electrons. The molecule has 1 atom stereocenters. The third-order valence-corrected chi connectivity index (χ3v) is 3.45. The van der Waals surface area contributed by atoms with Crippen molar-refractivity contribution in [3.05, 3.63) is 65.6 Å². The molecule has 0 aliphatic carbocycles. The van der Waals surface area contributed by atoms with Crippen LogP contribution in [0.4, 0.5) is 0 Å². The predicted octanol–water partition coefficient (Wildman–Crippen LogP) is 1.88. The Labute approximate surface area is 120 Å². The number of likely N-dealkylation sites (N-methyl/N-ethyl adjacent to an activating group) is 1. The molecular weight excluding hydrogens is 272 g/mol. The number of carbonyl (C=O) groups is 2. The summed E-state index contributed by atoms with van der Waals surface area (Å²) in [5.74, 6) is -1.55. The molecule has 1 unspecified atom stereocenters. The number of aromatic nitrogens is 1. The summed E-state index contributed by atoms with van der Waals surface area (Å²) in [7, 11) is 1.53. The number of hydrogen-bond donors (Lipinski definition) is 1. The van der Waals surface area contributed by atoms with Gasteiger partial charge in [0.1, 0.15) is 0 Å². The van der Waals surface area contributed by atoms with E-state index in [9.17, 15) is 14.7 Å². The minimum absolute atomic E-state index is 0.0173. The molecule has 3 rings (SSSR count). The smallest absolute Gasteiger partial charge is 0.289 e. The van der Waals surface area contributed by atoms with Gasteiger partial charge in [0, 0.05) is 19.4 Å². The summed E-state index contributed by atoms with van der Waals surface area (Å²) < 4.78 is 5.07. The number of aliphatic hydroxyl groups is 1. The topological polar surface area (TPSA) is 83.6 Å². The summed E-state index contributed by atoms with van der Waals surface area (Å²) in [6.07, 6.45) is 4.50. The highest BCUT2D eigenvalue weighted by molar-refractivity contribution is 6.14. The van der Waals surface area contributed by atoms with Crippen LogP contribution in [0.25, 0.3) is 0 Å². The van der Waals surface area contributed by atoms with Crippen molar-refractivity contribution in [3.63, 3.8) is 0 Å². The Bertz CT molecular complexity index is 719. The Balaban J connectivity index is 2.10. The number of Topliss-reactive ketones (excluding diaryl/α,β-unsaturated/α-hetero) is 1. The molecule has 6 heteroatoms. The summed E-state index contributed by atoms with van der Waals surface area (Å²) >= 11 is 0. The molecule has 3 heterocycles. The van der Waals surface area contributed by atoms with Gasteiger partial charge in [-0.3, -0.25) is 14.6 Å². The van der Waals surface area contributed by atoms with Gasteiger partial charge in [-0.1, -0.05) is 0 Å². The van der Waals surface area contributed by atoms with Crippen LogP contribution >= 0.6 is 0 Å². The molecule has 6 nitrogen and oxygen atoms in total. The van der Waals surface area contributed by atoms with Crippen LogP contribution in [-0.4, -0.2) is 33.7 Å². The van der Waals surface area contributed by atoms with Crippen molar-refractivity contribution in [2.45, 2.75) is 6.04 Å². The fourth-order valence-electron chi connectivity index (χ4n) is 2.43. The van der Waals surface area contributed by atoms with Crippen molar-refractivity contribution in [2.75, 3.05) is 7.05 Å². The second-order valence-corrected chi connectivity index (χ2v) is 4.67. The highest BCUT2D eigenvalue weighted by atomic mass is 16.3. The molecule has 1 N–H and O–H groups in total. The molecule has 0 aromatic carbocycles. The zero-order valence-electron chi connectivity index (χ0n) is 11.2. The van der Waals surface area contributed by atoms with E-state index in [-0.39, 0.29) is 11.3 Å². The van der Waals surface area contributed by atoms with Crippen LogP contribution in [0.15, 0.2) is 58.7 Å². The van der Waals surface area contributed by atoms with E-state index in [1.165, 1.54) is 24.3 Å². The molecule has 2 aromatic rings. The lowest BCUT2D eigenvalue weighted by molar-refractivity contribution is -0.128. The monoisotopic (exact) mass is 284 g/mol. The van der Waals surface area contributed by atoms with Crippen molar-refractivity contribution in [2.24, 2.45) is 0 Å². The van der Waals surface area contributed by atoms with Gasteiger partial charge in [-0.15, -0.1) is 0 Å². The Morgan fingerprint density at radius 3 is 2.67 bits per heavy atom. The van der Waals surface area contributed by atoms with E-state index in [2.05, 4.69) is 4.98 Å². The van der Waals surface area contributed by atoms with E-state index >= 15 is 0 Å². The Kier molecular flexibility index (Phi) is 3.06. The second-order valence-electron chi connectivity index (χ2n) is 4.67. The summed E-state index contributed by atoms with van der Waals surface area (Å²) in [5.41, 5.74) is 0.712. The average molecular weight is 284 g/mol. The van der Waals surface area contributed by atoms with Gasteiger partial charge in [0.05, 0.1) is 17.9 Å². The number of amides is 1. The molecular formula is C15H12N2O4. The third kappa shape index (κ3) is 2.01. The van der Waals surface area contributed by atoms with Crippen molar-refractivity contribution in [1.82, 2.24) is 9.88 Å². The maximum atomic E-state index is 12.5. The van der Waals surface area contributed by atoms with Crippen molar-refractivity contribution in [1.29, 1.82) is 0 Å².